The zero-order valence-electron chi connectivity index (χ0n) is 18.6. The molecule has 0 N–H and O–H groups in total. The van der Waals surface area contributed by atoms with Crippen molar-refractivity contribution < 1.29 is 39.9 Å². The normalized spacial score (nSPS) is 19.5. The van der Waals surface area contributed by atoms with Crippen LogP contribution in [0.2, 0.25) is 0 Å². The molecule has 34 heavy (non-hydrogen) atoms. The highest BCUT2D eigenvalue weighted by atomic mass is 19.3. The van der Waals surface area contributed by atoms with Crippen LogP contribution in [0.3, 0.4) is 0 Å². The lowest BCUT2D eigenvalue weighted by Crippen LogP contribution is -2.34. The number of alkyl halides is 6. The van der Waals surface area contributed by atoms with Gasteiger partial charge in [0, 0.05) is 17.9 Å². The lowest BCUT2D eigenvalue weighted by atomic mass is 9.76. The summed E-state index contributed by atoms with van der Waals surface area (Å²) in [5, 5.41) is 0. The van der Waals surface area contributed by atoms with E-state index in [1.54, 1.807) is 0 Å². The van der Waals surface area contributed by atoms with Crippen LogP contribution >= 0.6 is 0 Å². The number of benzene rings is 2. The van der Waals surface area contributed by atoms with Gasteiger partial charge in [0.05, 0.1) is 0 Å². The average molecular weight is 494 g/mol. The van der Waals surface area contributed by atoms with Gasteiger partial charge in [-0.25, -0.2) is 17.6 Å². The van der Waals surface area contributed by atoms with Gasteiger partial charge in [-0.2, -0.15) is 17.6 Å². The molecule has 0 aromatic heterocycles. The molecule has 9 heteroatoms. The van der Waals surface area contributed by atoms with Gasteiger partial charge in [0.2, 0.25) is 0 Å². The van der Waals surface area contributed by atoms with E-state index in [-0.39, 0.29) is 16.7 Å². The topological polar surface area (TPSA) is 9.23 Å². The van der Waals surface area contributed by atoms with Crippen LogP contribution in [-0.2, 0) is 6.42 Å². The monoisotopic (exact) mass is 494 g/mol. The minimum atomic E-state index is -4.89. The van der Waals surface area contributed by atoms with E-state index in [1.165, 1.54) is 12.1 Å². The maximum absolute atomic E-state index is 14.9. The molecule has 0 heterocycles. The molecule has 0 radical (unpaired) electrons. The predicted octanol–water partition coefficient (Wildman–Crippen LogP) is 8.65. The van der Waals surface area contributed by atoms with Crippen molar-refractivity contribution >= 4 is 0 Å². The molecule has 1 nitrogen and oxygen atoms in total. The molecule has 0 atom stereocenters. The Morgan fingerprint density at radius 2 is 1.59 bits per heavy atom. The fraction of sp³-hybridized carbons (Fsp3) is 0.520. The SMILES string of the molecule is CCCC1CCC(C(F)(F)Cc2ccc(-c3ccc(OC(F)(F)C(F)F)c(F)c3)c(F)c2)CC1. The van der Waals surface area contributed by atoms with Gasteiger partial charge in [0.25, 0.3) is 5.92 Å². The minimum Gasteiger partial charge on any atom is -0.425 e. The van der Waals surface area contributed by atoms with E-state index >= 15 is 0 Å². The Hall–Kier alpha value is -2.32. The lowest BCUT2D eigenvalue weighted by molar-refractivity contribution is -0.254. The van der Waals surface area contributed by atoms with Gasteiger partial charge in [-0.1, -0.05) is 38.0 Å². The smallest absolute Gasteiger partial charge is 0.425 e. The molecular weight excluding hydrogens is 468 g/mol. The molecule has 0 bridgehead atoms. The van der Waals surface area contributed by atoms with Crippen molar-refractivity contribution in [3.05, 3.63) is 53.6 Å². The summed E-state index contributed by atoms with van der Waals surface area (Å²) in [5.41, 5.74) is -0.160. The van der Waals surface area contributed by atoms with Gasteiger partial charge >= 0.3 is 12.5 Å². The molecule has 188 valence electrons. The van der Waals surface area contributed by atoms with Crippen molar-refractivity contribution in [2.75, 3.05) is 0 Å². The summed E-state index contributed by atoms with van der Waals surface area (Å²) in [6.07, 6.45) is -5.25. The molecule has 0 amide bonds. The molecular formula is C25H26F8O. The van der Waals surface area contributed by atoms with Crippen molar-refractivity contribution in [2.45, 2.75) is 70.3 Å². The van der Waals surface area contributed by atoms with Gasteiger partial charge < -0.3 is 4.74 Å². The highest BCUT2D eigenvalue weighted by molar-refractivity contribution is 5.65. The molecule has 0 unspecified atom stereocenters. The first kappa shape index (κ1) is 26.3. The maximum atomic E-state index is 14.9. The third-order valence-electron chi connectivity index (χ3n) is 6.36. The van der Waals surface area contributed by atoms with Gasteiger partial charge in [0.1, 0.15) is 5.82 Å². The van der Waals surface area contributed by atoms with Crippen molar-refractivity contribution in [3.63, 3.8) is 0 Å². The van der Waals surface area contributed by atoms with Crippen molar-refractivity contribution in [3.8, 4) is 16.9 Å². The number of hydrogen-bond donors (Lipinski definition) is 0. The summed E-state index contributed by atoms with van der Waals surface area (Å²) in [4.78, 5) is 0. The molecule has 1 aliphatic rings. The Morgan fingerprint density at radius 1 is 0.912 bits per heavy atom. The zero-order chi connectivity index (χ0) is 25.1. The number of ether oxygens (including phenoxy) is 1. The summed E-state index contributed by atoms with van der Waals surface area (Å²) < 4.78 is 113. The summed E-state index contributed by atoms with van der Waals surface area (Å²) >= 11 is 0. The quantitative estimate of drug-likeness (QED) is 0.317. The molecule has 0 aliphatic heterocycles. The fourth-order valence-electron chi connectivity index (χ4n) is 4.54. The molecule has 0 saturated heterocycles. The molecule has 1 fully saturated rings. The Balaban J connectivity index is 1.71. The second-order valence-electron chi connectivity index (χ2n) is 8.87. The van der Waals surface area contributed by atoms with Crippen molar-refractivity contribution in [1.82, 2.24) is 0 Å². The third-order valence-corrected chi connectivity index (χ3v) is 6.36. The Morgan fingerprint density at radius 3 is 2.15 bits per heavy atom. The van der Waals surface area contributed by atoms with Crippen molar-refractivity contribution in [2.24, 2.45) is 11.8 Å². The summed E-state index contributed by atoms with van der Waals surface area (Å²) in [7, 11) is 0. The Kier molecular flexibility index (Phi) is 8.14. The van der Waals surface area contributed by atoms with Crippen LogP contribution in [0.15, 0.2) is 36.4 Å². The molecule has 1 saturated carbocycles. The number of rotatable bonds is 9. The average Bonchev–Trinajstić information content (AvgIpc) is 2.75. The van der Waals surface area contributed by atoms with E-state index < -0.39 is 48.2 Å². The zero-order valence-corrected chi connectivity index (χ0v) is 18.6. The first-order chi connectivity index (χ1) is 15.9. The van der Waals surface area contributed by atoms with Gasteiger partial charge in [-0.15, -0.1) is 0 Å². The van der Waals surface area contributed by atoms with E-state index in [9.17, 15) is 35.1 Å². The van der Waals surface area contributed by atoms with Gasteiger partial charge in [-0.05, 0) is 60.9 Å². The van der Waals surface area contributed by atoms with Crippen LogP contribution in [0.4, 0.5) is 35.1 Å². The molecule has 3 rings (SSSR count). The number of halogens is 8. The fourth-order valence-corrected chi connectivity index (χ4v) is 4.54. The lowest BCUT2D eigenvalue weighted by Gasteiger charge is -2.33. The van der Waals surface area contributed by atoms with Gasteiger partial charge in [-0.3, -0.25) is 0 Å². The largest absolute Gasteiger partial charge is 0.461 e. The van der Waals surface area contributed by atoms with Crippen LogP contribution in [0.1, 0.15) is 51.0 Å². The molecule has 1 aliphatic carbocycles. The van der Waals surface area contributed by atoms with Crippen LogP contribution in [0, 0.1) is 23.5 Å². The van der Waals surface area contributed by atoms with E-state index in [0.29, 0.717) is 30.9 Å². The minimum absolute atomic E-state index is 0.0823. The van der Waals surface area contributed by atoms with Crippen LogP contribution in [0.5, 0.6) is 5.75 Å². The number of hydrogen-bond acceptors (Lipinski definition) is 1. The summed E-state index contributed by atoms with van der Waals surface area (Å²) in [6, 6.07) is 5.79. The standard InChI is InChI=1S/C25H26F8O/c1-2-3-15-4-8-18(9-5-15)24(30,31)14-16-6-10-19(20(26)12-16)17-7-11-22(21(27)13-17)34-25(32,33)23(28)29/h6-7,10-13,15,18,23H,2-5,8-9,14H2,1H3. The summed E-state index contributed by atoms with van der Waals surface area (Å²) in [5.74, 6) is -6.70. The van der Waals surface area contributed by atoms with Crippen LogP contribution in [0.25, 0.3) is 11.1 Å². The van der Waals surface area contributed by atoms with Gasteiger partial charge in [0.15, 0.2) is 11.6 Å². The van der Waals surface area contributed by atoms with Crippen molar-refractivity contribution in [1.29, 1.82) is 0 Å². The second kappa shape index (κ2) is 10.5. The molecule has 2 aromatic rings. The van der Waals surface area contributed by atoms with E-state index in [1.807, 2.05) is 0 Å². The van der Waals surface area contributed by atoms with E-state index in [4.69, 9.17) is 0 Å². The molecule has 2 aromatic carbocycles. The highest BCUT2D eigenvalue weighted by Gasteiger charge is 2.44. The van der Waals surface area contributed by atoms with Crippen LogP contribution < -0.4 is 4.74 Å². The Labute approximate surface area is 193 Å². The maximum Gasteiger partial charge on any atom is 0.461 e. The van der Waals surface area contributed by atoms with E-state index in [0.717, 1.165) is 37.8 Å². The first-order valence-electron chi connectivity index (χ1n) is 11.2. The highest BCUT2D eigenvalue weighted by Crippen LogP contribution is 2.42. The Bertz CT molecular complexity index is 967. The van der Waals surface area contributed by atoms with E-state index in [2.05, 4.69) is 11.7 Å². The predicted molar refractivity (Wildman–Crippen MR) is 112 cm³/mol. The second-order valence-corrected chi connectivity index (χ2v) is 8.87. The first-order valence-corrected chi connectivity index (χ1v) is 11.2. The van der Waals surface area contributed by atoms with Crippen LogP contribution in [-0.4, -0.2) is 18.5 Å². The summed E-state index contributed by atoms with van der Waals surface area (Å²) in [6.45, 7) is 2.07. The molecule has 0 spiro atoms. The third kappa shape index (κ3) is 6.21.